The number of benzene rings is 2. The Balaban J connectivity index is 1.45. The predicted molar refractivity (Wildman–Crippen MR) is 127 cm³/mol. The first-order chi connectivity index (χ1) is 16.6. The molecule has 0 saturated carbocycles. The monoisotopic (exact) mass is 464 g/mol. The number of hydrogen-bond acceptors (Lipinski definition) is 7. The Kier molecular flexibility index (Phi) is 6.49. The van der Waals surface area contributed by atoms with Gasteiger partial charge in [0.1, 0.15) is 11.6 Å². The molecular weight excluding hydrogens is 435 g/mol. The number of phenols is 1. The van der Waals surface area contributed by atoms with E-state index in [0.717, 1.165) is 55.7 Å². The Bertz CT molecular complexity index is 1170. The van der Waals surface area contributed by atoms with E-state index in [0.29, 0.717) is 36.4 Å². The lowest BCUT2D eigenvalue weighted by Gasteiger charge is -2.32. The molecule has 2 aromatic carbocycles. The Labute approximate surface area is 198 Å². The number of para-hydroxylation sites is 1. The number of nitrogens with zero attached hydrogens (tertiary/aromatic N) is 4. The van der Waals surface area contributed by atoms with Crippen molar-refractivity contribution in [2.45, 2.75) is 38.8 Å². The summed E-state index contributed by atoms with van der Waals surface area (Å²) in [6.07, 6.45) is 4.21. The lowest BCUT2D eigenvalue weighted by atomic mass is 10.0. The number of aromatic hydroxyl groups is 1. The summed E-state index contributed by atoms with van der Waals surface area (Å²) in [4.78, 5) is 14.1. The number of ether oxygens (including phenoxy) is 2. The second-order valence-electron chi connectivity index (χ2n) is 8.79. The van der Waals surface area contributed by atoms with Crippen LogP contribution in [0.5, 0.6) is 23.1 Å². The van der Waals surface area contributed by atoms with Crippen LogP contribution in [0.1, 0.15) is 36.1 Å². The van der Waals surface area contributed by atoms with Crippen molar-refractivity contribution < 1.29 is 19.0 Å². The van der Waals surface area contributed by atoms with Crippen LogP contribution < -0.4 is 14.4 Å². The summed E-state index contributed by atoms with van der Waals surface area (Å²) in [5.74, 6) is 1.82. The predicted octanol–water partition coefficient (Wildman–Crippen LogP) is 4.67. The number of hydrogen-bond donors (Lipinski definition) is 1. The summed E-state index contributed by atoms with van der Waals surface area (Å²) in [6, 6.07) is 11.6. The number of fused-ring (bicyclic) bond motifs is 1. The van der Waals surface area contributed by atoms with Gasteiger partial charge in [0.05, 0.1) is 18.4 Å². The topological polar surface area (TPSA) is 71.0 Å². The molecule has 2 aliphatic heterocycles. The van der Waals surface area contributed by atoms with E-state index >= 15 is 0 Å². The first kappa shape index (κ1) is 22.4. The van der Waals surface area contributed by atoms with Crippen LogP contribution in [0.2, 0.25) is 0 Å². The van der Waals surface area contributed by atoms with E-state index in [2.05, 4.69) is 9.80 Å². The number of phenolic OH excluding ortho intramolecular Hbond substituents is 1. The molecule has 8 heteroatoms. The van der Waals surface area contributed by atoms with E-state index in [9.17, 15) is 9.50 Å². The summed E-state index contributed by atoms with van der Waals surface area (Å²) in [5, 5.41) is 10.5. The summed E-state index contributed by atoms with van der Waals surface area (Å²) in [5.41, 5.74) is 2.66. The van der Waals surface area contributed by atoms with Gasteiger partial charge in [0.2, 0.25) is 11.8 Å². The smallest absolute Gasteiger partial charge is 0.228 e. The summed E-state index contributed by atoms with van der Waals surface area (Å²) >= 11 is 0. The summed E-state index contributed by atoms with van der Waals surface area (Å²) in [7, 11) is 1.54. The molecule has 7 nitrogen and oxygen atoms in total. The summed E-state index contributed by atoms with van der Waals surface area (Å²) < 4.78 is 25.2. The highest BCUT2D eigenvalue weighted by atomic mass is 19.1. The molecular formula is C26H29FN4O3. The maximum Gasteiger partial charge on any atom is 0.228 e. The third-order valence-corrected chi connectivity index (χ3v) is 6.44. The van der Waals surface area contributed by atoms with Gasteiger partial charge in [-0.25, -0.2) is 9.37 Å². The van der Waals surface area contributed by atoms with Gasteiger partial charge in [-0.05, 0) is 37.5 Å². The fraction of sp³-hybridized carbons (Fsp3) is 0.385. The van der Waals surface area contributed by atoms with Gasteiger partial charge in [-0.2, -0.15) is 4.98 Å². The molecule has 0 bridgehead atoms. The normalized spacial score (nSPS) is 16.2. The molecule has 1 aromatic heterocycles. The Morgan fingerprint density at radius 1 is 1.03 bits per heavy atom. The molecule has 0 amide bonds. The first-order valence-corrected chi connectivity index (χ1v) is 11.8. The minimum Gasteiger partial charge on any atom is -0.504 e. The van der Waals surface area contributed by atoms with Crippen LogP contribution in [0.3, 0.4) is 0 Å². The molecule has 0 aliphatic carbocycles. The number of halogens is 1. The molecule has 34 heavy (non-hydrogen) atoms. The molecule has 3 aromatic rings. The van der Waals surface area contributed by atoms with E-state index < -0.39 is 0 Å². The lowest BCUT2D eigenvalue weighted by molar-refractivity contribution is 0.234. The van der Waals surface area contributed by atoms with E-state index in [1.54, 1.807) is 25.3 Å². The zero-order valence-corrected chi connectivity index (χ0v) is 19.3. The fourth-order valence-electron chi connectivity index (χ4n) is 4.63. The molecule has 2 aliphatic rings. The molecule has 178 valence electrons. The van der Waals surface area contributed by atoms with Gasteiger partial charge < -0.3 is 19.5 Å². The van der Waals surface area contributed by atoms with Gasteiger partial charge >= 0.3 is 0 Å². The van der Waals surface area contributed by atoms with Crippen molar-refractivity contribution in [1.29, 1.82) is 0 Å². The third-order valence-electron chi connectivity index (χ3n) is 6.44. The number of aromatic nitrogens is 2. The van der Waals surface area contributed by atoms with Gasteiger partial charge in [0.25, 0.3) is 0 Å². The maximum absolute atomic E-state index is 13.8. The van der Waals surface area contributed by atoms with E-state index in [4.69, 9.17) is 19.4 Å². The number of anilines is 1. The second-order valence-corrected chi connectivity index (χ2v) is 8.79. The van der Waals surface area contributed by atoms with Crippen LogP contribution in [0.15, 0.2) is 42.5 Å². The van der Waals surface area contributed by atoms with E-state index in [1.807, 2.05) is 12.1 Å². The minimum absolute atomic E-state index is 0.156. The van der Waals surface area contributed by atoms with Crippen molar-refractivity contribution in [1.82, 2.24) is 14.9 Å². The third kappa shape index (κ3) is 4.77. The molecule has 5 rings (SSSR count). The standard InChI is InChI=1S/C26H29FN4O3/c1-33-23-10-5-7-18(24(23)32)16-30-14-11-22-21(17-30)25(34-20-9-6-8-19(27)15-20)29-26(28-22)31-12-3-2-4-13-31/h5-10,15,32H,2-4,11-14,16-17H2,1H3. The van der Waals surface area contributed by atoms with Crippen LogP contribution in [-0.4, -0.2) is 46.7 Å². The quantitative estimate of drug-likeness (QED) is 0.568. The molecule has 0 unspecified atom stereocenters. The SMILES string of the molecule is COc1cccc(CN2CCc3nc(N4CCCCC4)nc(Oc4cccc(F)c4)c3C2)c1O. The van der Waals surface area contributed by atoms with Crippen molar-refractivity contribution in [3.8, 4) is 23.1 Å². The zero-order chi connectivity index (χ0) is 23.5. The fourth-order valence-corrected chi connectivity index (χ4v) is 4.63. The Morgan fingerprint density at radius 3 is 2.65 bits per heavy atom. The second kappa shape index (κ2) is 9.85. The van der Waals surface area contributed by atoms with Crippen LogP contribution >= 0.6 is 0 Å². The molecule has 1 saturated heterocycles. The van der Waals surface area contributed by atoms with E-state index in [1.165, 1.54) is 18.6 Å². The highest BCUT2D eigenvalue weighted by molar-refractivity contribution is 5.46. The van der Waals surface area contributed by atoms with E-state index in [-0.39, 0.29) is 11.6 Å². The van der Waals surface area contributed by atoms with Crippen LogP contribution in [-0.2, 0) is 19.5 Å². The van der Waals surface area contributed by atoms with Gasteiger partial charge in [0, 0.05) is 50.8 Å². The average Bonchev–Trinajstić information content (AvgIpc) is 2.86. The van der Waals surface area contributed by atoms with Crippen molar-refractivity contribution in [3.63, 3.8) is 0 Å². The van der Waals surface area contributed by atoms with Crippen molar-refractivity contribution in [2.75, 3.05) is 31.6 Å². The first-order valence-electron chi connectivity index (χ1n) is 11.8. The van der Waals surface area contributed by atoms with Gasteiger partial charge in [-0.15, -0.1) is 0 Å². The van der Waals surface area contributed by atoms with Crippen molar-refractivity contribution in [3.05, 3.63) is 65.1 Å². The molecule has 1 N–H and O–H groups in total. The number of rotatable bonds is 6. The highest BCUT2D eigenvalue weighted by Crippen LogP contribution is 2.35. The lowest BCUT2D eigenvalue weighted by Crippen LogP contribution is -2.34. The number of methoxy groups -OCH3 is 1. The number of piperidine rings is 1. The minimum atomic E-state index is -0.355. The summed E-state index contributed by atoms with van der Waals surface area (Å²) in [6.45, 7) is 3.77. The van der Waals surface area contributed by atoms with Crippen molar-refractivity contribution in [2.24, 2.45) is 0 Å². The molecule has 0 atom stereocenters. The molecule has 3 heterocycles. The van der Waals surface area contributed by atoms with Crippen LogP contribution in [0, 0.1) is 5.82 Å². The van der Waals surface area contributed by atoms with Gasteiger partial charge in [-0.1, -0.05) is 18.2 Å². The van der Waals surface area contributed by atoms with Gasteiger partial charge in [0.15, 0.2) is 11.5 Å². The Hall–Kier alpha value is -3.39. The Morgan fingerprint density at radius 2 is 1.85 bits per heavy atom. The average molecular weight is 465 g/mol. The van der Waals surface area contributed by atoms with Crippen LogP contribution in [0.4, 0.5) is 10.3 Å². The molecule has 0 spiro atoms. The largest absolute Gasteiger partial charge is 0.504 e. The zero-order valence-electron chi connectivity index (χ0n) is 19.3. The highest BCUT2D eigenvalue weighted by Gasteiger charge is 2.27. The van der Waals surface area contributed by atoms with Crippen LogP contribution in [0.25, 0.3) is 0 Å². The molecule has 0 radical (unpaired) electrons. The maximum atomic E-state index is 13.8. The van der Waals surface area contributed by atoms with Crippen molar-refractivity contribution >= 4 is 5.95 Å². The van der Waals surface area contributed by atoms with Gasteiger partial charge in [-0.3, -0.25) is 4.90 Å². The molecule has 1 fully saturated rings.